The van der Waals surface area contributed by atoms with E-state index in [1.807, 2.05) is 12.1 Å². The minimum absolute atomic E-state index is 0.106. The predicted molar refractivity (Wildman–Crippen MR) is 101 cm³/mol. The van der Waals surface area contributed by atoms with E-state index in [9.17, 15) is 14.4 Å². The van der Waals surface area contributed by atoms with Crippen molar-refractivity contribution in [2.75, 3.05) is 6.61 Å². The van der Waals surface area contributed by atoms with Crippen molar-refractivity contribution in [2.45, 2.75) is 70.4 Å². The quantitative estimate of drug-likeness (QED) is 0.514. The van der Waals surface area contributed by atoms with Crippen LogP contribution in [-0.2, 0) is 22.6 Å². The van der Waals surface area contributed by atoms with Crippen LogP contribution in [-0.4, -0.2) is 40.4 Å². The second-order valence-corrected chi connectivity index (χ2v) is 7.44. The summed E-state index contributed by atoms with van der Waals surface area (Å²) in [4.78, 5) is 37.9. The fourth-order valence-electron chi connectivity index (χ4n) is 4.02. The Hall–Kier alpha value is -2.21. The summed E-state index contributed by atoms with van der Waals surface area (Å²) in [6.07, 6.45) is 8.08. The van der Waals surface area contributed by atoms with Crippen molar-refractivity contribution in [2.24, 2.45) is 0 Å². The van der Waals surface area contributed by atoms with Gasteiger partial charge in [0.2, 0.25) is 11.8 Å². The topological polar surface area (TPSA) is 86.7 Å². The number of carbonyl (C=O) groups excluding carboxylic acids is 3. The maximum Gasteiger partial charge on any atom is 0.255 e. The van der Waals surface area contributed by atoms with Gasteiger partial charge in [0, 0.05) is 25.1 Å². The lowest BCUT2D eigenvalue weighted by Gasteiger charge is -2.29. The van der Waals surface area contributed by atoms with Gasteiger partial charge in [-0.25, -0.2) is 0 Å². The van der Waals surface area contributed by atoms with Gasteiger partial charge in [-0.15, -0.1) is 0 Å². The number of fused-ring (bicyclic) bond motifs is 1. The Bertz CT molecular complexity index is 716. The smallest absolute Gasteiger partial charge is 0.255 e. The zero-order valence-corrected chi connectivity index (χ0v) is 15.7. The molecule has 146 valence electrons. The molecule has 3 amide bonds. The van der Waals surface area contributed by atoms with Crippen molar-refractivity contribution < 1.29 is 19.5 Å². The molecule has 0 spiro atoms. The number of rotatable bonds is 9. The molecule has 0 saturated carbocycles. The summed E-state index contributed by atoms with van der Waals surface area (Å²) in [6.45, 7) is 0.723. The van der Waals surface area contributed by atoms with Crippen LogP contribution in [0.25, 0.3) is 0 Å². The molecule has 2 aliphatic heterocycles. The predicted octanol–water partition coefficient (Wildman–Crippen LogP) is 2.32. The van der Waals surface area contributed by atoms with Crippen LogP contribution in [0.3, 0.4) is 0 Å². The minimum atomic E-state index is -0.554. The Balaban J connectivity index is 1.59. The van der Waals surface area contributed by atoms with E-state index in [1.165, 1.54) is 5.56 Å². The number of unbranched alkanes of at least 4 members (excludes halogenated alkanes) is 5. The molecule has 2 heterocycles. The van der Waals surface area contributed by atoms with E-state index >= 15 is 0 Å². The lowest BCUT2D eigenvalue weighted by Crippen LogP contribution is -2.52. The average molecular weight is 372 g/mol. The van der Waals surface area contributed by atoms with Gasteiger partial charge in [-0.3, -0.25) is 19.7 Å². The number of aliphatic hydroxyl groups excluding tert-OH is 1. The summed E-state index contributed by atoms with van der Waals surface area (Å²) in [5, 5.41) is 11.1. The number of hydrogen-bond donors (Lipinski definition) is 2. The van der Waals surface area contributed by atoms with E-state index < -0.39 is 6.04 Å². The van der Waals surface area contributed by atoms with Crippen molar-refractivity contribution in [3.63, 3.8) is 0 Å². The van der Waals surface area contributed by atoms with E-state index in [0.717, 1.165) is 50.5 Å². The number of imide groups is 1. The summed E-state index contributed by atoms with van der Waals surface area (Å²) in [5.41, 5.74) is 2.92. The Morgan fingerprint density at radius 3 is 2.52 bits per heavy atom. The zero-order valence-electron chi connectivity index (χ0n) is 15.7. The first-order valence-corrected chi connectivity index (χ1v) is 9.98. The first-order valence-electron chi connectivity index (χ1n) is 9.98. The summed E-state index contributed by atoms with van der Waals surface area (Å²) < 4.78 is 0. The van der Waals surface area contributed by atoms with E-state index in [-0.39, 0.29) is 30.7 Å². The largest absolute Gasteiger partial charge is 0.396 e. The molecule has 0 aromatic heterocycles. The molecule has 27 heavy (non-hydrogen) atoms. The van der Waals surface area contributed by atoms with Crippen LogP contribution in [0.4, 0.5) is 0 Å². The molecule has 0 radical (unpaired) electrons. The lowest BCUT2D eigenvalue weighted by atomic mass is 9.98. The third-order valence-electron chi connectivity index (χ3n) is 5.53. The van der Waals surface area contributed by atoms with E-state index in [2.05, 4.69) is 11.4 Å². The molecule has 1 saturated heterocycles. The Kier molecular flexibility index (Phi) is 6.61. The molecular formula is C21H28N2O4. The van der Waals surface area contributed by atoms with Crippen molar-refractivity contribution in [3.8, 4) is 0 Å². The fraction of sp³-hybridized carbons (Fsp3) is 0.571. The van der Waals surface area contributed by atoms with Crippen molar-refractivity contribution in [3.05, 3.63) is 34.9 Å². The molecule has 1 aromatic rings. The second-order valence-electron chi connectivity index (χ2n) is 7.44. The van der Waals surface area contributed by atoms with Gasteiger partial charge in [0.05, 0.1) is 0 Å². The number of aryl methyl sites for hydroxylation is 1. The number of amides is 3. The standard InChI is InChI=1S/C21H28N2O4/c24-13-6-4-2-1-3-5-8-15-9-7-10-16-17(15)14-23(21(16)27)18-11-12-19(25)22-20(18)26/h7,9-10,18,24H,1-6,8,11-14H2,(H,22,25,26). The number of nitrogens with one attached hydrogen (secondary N) is 1. The van der Waals surface area contributed by atoms with Crippen LogP contribution in [0.5, 0.6) is 0 Å². The van der Waals surface area contributed by atoms with Crippen molar-refractivity contribution in [1.82, 2.24) is 10.2 Å². The van der Waals surface area contributed by atoms with Gasteiger partial charge in [0.15, 0.2) is 0 Å². The highest BCUT2D eigenvalue weighted by Gasteiger charge is 2.39. The maximum absolute atomic E-state index is 12.8. The van der Waals surface area contributed by atoms with Gasteiger partial charge < -0.3 is 10.0 Å². The van der Waals surface area contributed by atoms with Crippen molar-refractivity contribution >= 4 is 17.7 Å². The van der Waals surface area contributed by atoms with Crippen LogP contribution in [0.1, 0.15) is 72.9 Å². The van der Waals surface area contributed by atoms with Crippen LogP contribution < -0.4 is 5.32 Å². The SMILES string of the molecule is O=C1CCC(N2Cc3c(CCCCCCCCO)cccc3C2=O)C(=O)N1. The van der Waals surface area contributed by atoms with Gasteiger partial charge in [-0.05, 0) is 42.9 Å². The highest BCUT2D eigenvalue weighted by Crippen LogP contribution is 2.30. The molecule has 2 N–H and O–H groups in total. The summed E-state index contributed by atoms with van der Waals surface area (Å²) in [6, 6.07) is 5.27. The van der Waals surface area contributed by atoms with E-state index in [1.54, 1.807) is 4.90 Å². The highest BCUT2D eigenvalue weighted by molar-refractivity contribution is 6.05. The molecule has 0 bridgehead atoms. The molecule has 0 aliphatic carbocycles. The first kappa shape index (κ1) is 19.5. The van der Waals surface area contributed by atoms with Gasteiger partial charge in [-0.1, -0.05) is 37.8 Å². The minimum Gasteiger partial charge on any atom is -0.396 e. The van der Waals surface area contributed by atoms with Gasteiger partial charge >= 0.3 is 0 Å². The number of piperidine rings is 1. The molecule has 1 unspecified atom stereocenters. The third kappa shape index (κ3) is 4.56. The molecule has 1 atom stereocenters. The van der Waals surface area contributed by atoms with Crippen LogP contribution in [0.15, 0.2) is 18.2 Å². The number of nitrogens with zero attached hydrogens (tertiary/aromatic N) is 1. The maximum atomic E-state index is 12.8. The van der Waals surface area contributed by atoms with Crippen LogP contribution in [0.2, 0.25) is 0 Å². The molecule has 1 aromatic carbocycles. The van der Waals surface area contributed by atoms with Gasteiger partial charge in [0.25, 0.3) is 5.91 Å². The van der Waals surface area contributed by atoms with E-state index in [4.69, 9.17) is 5.11 Å². The number of benzene rings is 1. The Labute approximate surface area is 159 Å². The monoisotopic (exact) mass is 372 g/mol. The number of hydrogen-bond acceptors (Lipinski definition) is 4. The Morgan fingerprint density at radius 1 is 1.04 bits per heavy atom. The molecular weight excluding hydrogens is 344 g/mol. The molecule has 2 aliphatic rings. The first-order chi connectivity index (χ1) is 13.1. The van der Waals surface area contributed by atoms with Crippen molar-refractivity contribution in [1.29, 1.82) is 0 Å². The average Bonchev–Trinajstić information content (AvgIpc) is 2.98. The molecule has 3 rings (SSSR count). The zero-order chi connectivity index (χ0) is 19.2. The summed E-state index contributed by atoms with van der Waals surface area (Å²) >= 11 is 0. The lowest BCUT2D eigenvalue weighted by molar-refractivity contribution is -0.136. The molecule has 6 heteroatoms. The van der Waals surface area contributed by atoms with Gasteiger partial charge in [0.1, 0.15) is 6.04 Å². The Morgan fingerprint density at radius 2 is 1.78 bits per heavy atom. The highest BCUT2D eigenvalue weighted by atomic mass is 16.3. The fourth-order valence-corrected chi connectivity index (χ4v) is 4.02. The molecule has 1 fully saturated rings. The van der Waals surface area contributed by atoms with Crippen LogP contribution in [0, 0.1) is 0 Å². The van der Waals surface area contributed by atoms with E-state index in [0.29, 0.717) is 18.5 Å². The van der Waals surface area contributed by atoms with Gasteiger partial charge in [-0.2, -0.15) is 0 Å². The number of carbonyl (C=O) groups is 3. The summed E-state index contributed by atoms with van der Waals surface area (Å²) in [7, 11) is 0. The second kappa shape index (κ2) is 9.13. The molecule has 6 nitrogen and oxygen atoms in total. The number of aliphatic hydroxyl groups is 1. The van der Waals surface area contributed by atoms with Crippen LogP contribution >= 0.6 is 0 Å². The third-order valence-corrected chi connectivity index (χ3v) is 5.53. The normalized spacial score (nSPS) is 19.4. The summed E-state index contributed by atoms with van der Waals surface area (Å²) in [5.74, 6) is -0.734.